The zero-order valence-electron chi connectivity index (χ0n) is 28.5. The Balaban J connectivity index is 1.00. The van der Waals surface area contributed by atoms with Crippen LogP contribution < -0.4 is 9.47 Å². The van der Waals surface area contributed by atoms with E-state index < -0.39 is 46.6 Å². The van der Waals surface area contributed by atoms with Crippen molar-refractivity contribution in [2.24, 2.45) is 0 Å². The Hall–Kier alpha value is -6.68. The molecule has 0 unspecified atom stereocenters. The molecule has 7 rings (SSSR count). The monoisotopic (exact) mass is 694 g/mol. The molecule has 2 aliphatic heterocycles. The lowest BCUT2D eigenvalue weighted by Crippen LogP contribution is -2.21. The maximum absolute atomic E-state index is 12.8. The number of hydrogen-bond acceptors (Lipinski definition) is 10. The molecule has 0 N–H and O–H groups in total. The number of cyclic esters (lactones) is 4. The molecule has 52 heavy (non-hydrogen) atoms. The van der Waals surface area contributed by atoms with Gasteiger partial charge in [0.15, 0.2) is 0 Å². The molecule has 0 spiro atoms. The Morgan fingerprint density at radius 2 is 0.712 bits per heavy atom. The van der Waals surface area contributed by atoms with Crippen LogP contribution in [0.4, 0.5) is 0 Å². The average Bonchev–Trinajstić information content (AvgIpc) is 3.59. The van der Waals surface area contributed by atoms with Gasteiger partial charge in [0.25, 0.3) is 0 Å². The van der Waals surface area contributed by atoms with Crippen molar-refractivity contribution in [3.8, 4) is 11.5 Å². The first-order valence-corrected chi connectivity index (χ1v) is 16.3. The molecule has 0 saturated heterocycles. The number of carbonyl (C=O) groups is 6. The second-order valence-corrected chi connectivity index (χ2v) is 13.5. The van der Waals surface area contributed by atoms with Gasteiger partial charge in [-0.05, 0) is 82.9 Å². The summed E-state index contributed by atoms with van der Waals surface area (Å²) in [4.78, 5) is 72.7. The summed E-state index contributed by atoms with van der Waals surface area (Å²) in [5.41, 5.74) is 3.91. The minimum absolute atomic E-state index is 0.0348. The maximum atomic E-state index is 12.8. The van der Waals surface area contributed by atoms with Crippen LogP contribution in [0.2, 0.25) is 0 Å². The van der Waals surface area contributed by atoms with Crippen molar-refractivity contribution >= 4 is 35.8 Å². The van der Waals surface area contributed by atoms with Gasteiger partial charge in [-0.15, -0.1) is 0 Å². The number of ether oxygens (including phenoxy) is 4. The minimum atomic E-state index is -0.793. The van der Waals surface area contributed by atoms with Crippen molar-refractivity contribution in [2.45, 2.75) is 38.5 Å². The van der Waals surface area contributed by atoms with Gasteiger partial charge >= 0.3 is 35.8 Å². The van der Waals surface area contributed by atoms with E-state index in [1.807, 2.05) is 24.3 Å². The van der Waals surface area contributed by atoms with Crippen molar-refractivity contribution in [3.05, 3.63) is 165 Å². The van der Waals surface area contributed by atoms with Gasteiger partial charge in [0.05, 0.1) is 33.4 Å². The molecule has 5 aromatic rings. The fourth-order valence-electron chi connectivity index (χ4n) is 6.27. The number of benzene rings is 5. The molecule has 0 fully saturated rings. The summed E-state index contributed by atoms with van der Waals surface area (Å²) in [6, 6.07) is 31.0. The van der Waals surface area contributed by atoms with E-state index in [2.05, 4.69) is 61.4 Å². The molecule has 10 nitrogen and oxygen atoms in total. The molecule has 0 aliphatic carbocycles. The van der Waals surface area contributed by atoms with Crippen LogP contribution in [0.15, 0.2) is 109 Å². The number of esters is 6. The van der Waals surface area contributed by atoms with Crippen molar-refractivity contribution in [1.29, 1.82) is 0 Å². The molecular formula is C42H30O10. The van der Waals surface area contributed by atoms with Gasteiger partial charge in [-0.3, -0.25) is 0 Å². The highest BCUT2D eigenvalue weighted by atomic mass is 16.6. The van der Waals surface area contributed by atoms with Crippen molar-refractivity contribution in [1.82, 2.24) is 0 Å². The lowest BCUT2D eigenvalue weighted by molar-refractivity contribution is 0.0425. The molecule has 0 saturated carbocycles. The van der Waals surface area contributed by atoms with Gasteiger partial charge in [0.2, 0.25) is 0 Å². The Kier molecular flexibility index (Phi) is 8.18. The topological polar surface area (TPSA) is 139 Å². The normalized spacial score (nSPS) is 13.6. The molecular weight excluding hydrogens is 664 g/mol. The van der Waals surface area contributed by atoms with Gasteiger partial charge in [-0.2, -0.15) is 0 Å². The molecule has 0 radical (unpaired) electrons. The first-order chi connectivity index (χ1) is 24.7. The smallest absolute Gasteiger partial charge is 0.346 e. The standard InChI is InChI=1S/C42H30O10/c1-41(2,27-11-15-29(16-12-27)49-35(43)23-5-19-31-33(21-23)39(47)51-37(31)45)25-7-9-26(10-8-25)42(3,4)28-13-17-30(18-14-28)50-36(44)24-6-20-32-34(22-24)40(48)52-38(32)46/h5-22H,1-4H3. The zero-order valence-corrected chi connectivity index (χ0v) is 28.5. The lowest BCUT2D eigenvalue weighted by Gasteiger charge is -2.29. The zero-order chi connectivity index (χ0) is 36.9. The first kappa shape index (κ1) is 33.8. The Morgan fingerprint density at radius 3 is 1.04 bits per heavy atom. The van der Waals surface area contributed by atoms with Crippen LogP contribution in [0.25, 0.3) is 0 Å². The van der Waals surface area contributed by atoms with Crippen LogP contribution in [0.3, 0.4) is 0 Å². The Labute approximate surface area is 297 Å². The summed E-state index contributed by atoms with van der Waals surface area (Å²) in [7, 11) is 0. The van der Waals surface area contributed by atoms with Gasteiger partial charge in [0, 0.05) is 10.8 Å². The van der Waals surface area contributed by atoms with Crippen LogP contribution in [0.5, 0.6) is 11.5 Å². The number of rotatable bonds is 8. The van der Waals surface area contributed by atoms with Crippen LogP contribution in [0.1, 0.15) is 112 Å². The summed E-state index contributed by atoms with van der Waals surface area (Å²) in [5, 5.41) is 0. The summed E-state index contributed by atoms with van der Waals surface area (Å²) in [6.07, 6.45) is 0. The average molecular weight is 695 g/mol. The lowest BCUT2D eigenvalue weighted by atomic mass is 9.74. The molecule has 2 aliphatic rings. The highest BCUT2D eigenvalue weighted by Crippen LogP contribution is 2.37. The van der Waals surface area contributed by atoms with Crippen LogP contribution in [0, 0.1) is 0 Å². The highest BCUT2D eigenvalue weighted by molar-refractivity contribution is 6.16. The van der Waals surface area contributed by atoms with E-state index in [1.54, 1.807) is 24.3 Å². The maximum Gasteiger partial charge on any atom is 0.346 e. The molecule has 0 bridgehead atoms. The second-order valence-electron chi connectivity index (χ2n) is 13.5. The summed E-state index contributed by atoms with van der Waals surface area (Å²) in [5.74, 6) is -3.74. The van der Waals surface area contributed by atoms with Crippen LogP contribution in [-0.4, -0.2) is 35.8 Å². The Bertz CT molecular complexity index is 2160. The quantitative estimate of drug-likeness (QED) is 0.0917. The first-order valence-electron chi connectivity index (χ1n) is 16.3. The van der Waals surface area contributed by atoms with E-state index in [0.29, 0.717) is 11.5 Å². The van der Waals surface area contributed by atoms with E-state index in [1.165, 1.54) is 36.4 Å². The molecule has 258 valence electrons. The fourth-order valence-corrected chi connectivity index (χ4v) is 6.27. The predicted octanol–water partition coefficient (Wildman–Crippen LogP) is 7.40. The number of hydrogen-bond donors (Lipinski definition) is 0. The minimum Gasteiger partial charge on any atom is -0.423 e. The predicted molar refractivity (Wildman–Crippen MR) is 186 cm³/mol. The molecule has 5 aromatic carbocycles. The van der Waals surface area contributed by atoms with E-state index in [4.69, 9.17) is 9.47 Å². The molecule has 10 heteroatoms. The second kappa shape index (κ2) is 12.6. The third-order valence-corrected chi connectivity index (χ3v) is 9.66. The summed E-state index contributed by atoms with van der Waals surface area (Å²) >= 11 is 0. The Morgan fingerprint density at radius 1 is 0.423 bits per heavy atom. The summed E-state index contributed by atoms with van der Waals surface area (Å²) in [6.45, 7) is 8.42. The third-order valence-electron chi connectivity index (χ3n) is 9.66. The third kappa shape index (κ3) is 6.04. The van der Waals surface area contributed by atoms with E-state index in [0.717, 1.165) is 22.3 Å². The fraction of sp³-hybridized carbons (Fsp3) is 0.143. The van der Waals surface area contributed by atoms with Crippen LogP contribution in [-0.2, 0) is 20.3 Å². The van der Waals surface area contributed by atoms with Crippen LogP contribution >= 0.6 is 0 Å². The largest absolute Gasteiger partial charge is 0.423 e. The molecule has 0 amide bonds. The van der Waals surface area contributed by atoms with E-state index in [9.17, 15) is 28.8 Å². The van der Waals surface area contributed by atoms with E-state index in [-0.39, 0.29) is 33.4 Å². The van der Waals surface area contributed by atoms with Crippen molar-refractivity contribution in [2.75, 3.05) is 0 Å². The molecule has 2 heterocycles. The molecule has 0 atom stereocenters. The SMILES string of the molecule is CC(C)(c1ccc(OC(=O)c2ccc3c(c2)C(=O)OC3=O)cc1)c1ccc(C(C)(C)c2ccc(OC(=O)c3ccc4c(c3)C(=O)OC4=O)cc2)cc1. The number of carbonyl (C=O) groups excluding carboxylic acids is 6. The molecule has 0 aromatic heterocycles. The summed E-state index contributed by atoms with van der Waals surface area (Å²) < 4.78 is 20.2. The highest BCUT2D eigenvalue weighted by Gasteiger charge is 2.32. The van der Waals surface area contributed by atoms with E-state index >= 15 is 0 Å². The van der Waals surface area contributed by atoms with Gasteiger partial charge < -0.3 is 18.9 Å². The van der Waals surface area contributed by atoms with Gasteiger partial charge in [-0.1, -0.05) is 76.2 Å². The van der Waals surface area contributed by atoms with Gasteiger partial charge in [0.1, 0.15) is 11.5 Å². The van der Waals surface area contributed by atoms with Crippen molar-refractivity contribution < 1.29 is 47.7 Å². The van der Waals surface area contributed by atoms with Gasteiger partial charge in [-0.25, -0.2) is 28.8 Å². The van der Waals surface area contributed by atoms with Crippen molar-refractivity contribution in [3.63, 3.8) is 0 Å². The number of fused-ring (bicyclic) bond motifs is 2.